The average molecular weight is 316 g/mol. The topological polar surface area (TPSA) is 164 Å². The number of hydrogen-bond acceptors (Lipinski definition) is 9. The number of aromatic amines is 1. The van der Waals surface area contributed by atoms with Gasteiger partial charge in [0.25, 0.3) is 5.56 Å². The molecule has 0 bridgehead atoms. The van der Waals surface area contributed by atoms with Gasteiger partial charge in [0, 0.05) is 0 Å². The maximum absolute atomic E-state index is 12.1. The molecule has 1 unspecified atom stereocenters. The Morgan fingerprint density at radius 1 is 1.38 bits per heavy atom. The fourth-order valence-electron chi connectivity index (χ4n) is 2.28. The molecule has 114 valence electrons. The summed E-state index contributed by atoms with van der Waals surface area (Å²) in [5.41, 5.74) is 4.83. The van der Waals surface area contributed by atoms with Gasteiger partial charge in [0.1, 0.15) is 28.7 Å². The Morgan fingerprint density at radius 2 is 2.10 bits per heavy atom. The van der Waals surface area contributed by atoms with Crippen molar-refractivity contribution in [2.75, 3.05) is 12.3 Å². The molecule has 0 radical (unpaired) electrons. The molecule has 11 heteroatoms. The van der Waals surface area contributed by atoms with Crippen molar-refractivity contribution in [2.24, 2.45) is 0 Å². The van der Waals surface area contributed by atoms with Crippen molar-refractivity contribution in [2.45, 2.75) is 24.5 Å². The Kier molecular flexibility index (Phi) is 3.30. The summed E-state index contributed by atoms with van der Waals surface area (Å²) in [6.45, 7) is -0.522. The summed E-state index contributed by atoms with van der Waals surface area (Å²) in [5.74, 6) is -0.189. The summed E-state index contributed by atoms with van der Waals surface area (Å²) in [5, 5.41) is 28.8. The number of ether oxygens (including phenoxy) is 1. The zero-order valence-electron chi connectivity index (χ0n) is 10.5. The lowest BCUT2D eigenvalue weighted by Crippen LogP contribution is -2.34. The van der Waals surface area contributed by atoms with Crippen molar-refractivity contribution in [1.29, 1.82) is 0 Å². The fourth-order valence-corrected chi connectivity index (χ4v) is 3.13. The van der Waals surface area contributed by atoms with Gasteiger partial charge in [0.15, 0.2) is 6.23 Å². The number of thiazole rings is 1. The quantitative estimate of drug-likeness (QED) is 0.400. The Morgan fingerprint density at radius 3 is 2.71 bits per heavy atom. The fraction of sp³-hybridized carbons (Fsp3) is 0.500. The van der Waals surface area contributed by atoms with Crippen LogP contribution in [0.4, 0.5) is 5.95 Å². The standard InChI is InChI=1S/C10H12N4O6S/c11-9-12-6-5(7(18)13-9)21-10(19)14(6)8-4(17)3(16)2(1-15)20-8/h2-4,8,15-17H,1H2,(H3,11,12,13,18)/t2-,3-,4-,8?/m1/s1. The van der Waals surface area contributed by atoms with Crippen molar-refractivity contribution in [3.05, 3.63) is 20.0 Å². The van der Waals surface area contributed by atoms with E-state index in [9.17, 15) is 19.8 Å². The summed E-state index contributed by atoms with van der Waals surface area (Å²) >= 11 is 0.623. The average Bonchev–Trinajstić information content (AvgIpc) is 2.89. The molecule has 0 spiro atoms. The number of hydrogen-bond donors (Lipinski definition) is 5. The molecule has 1 fully saturated rings. The number of nitrogen functional groups attached to an aromatic ring is 1. The number of nitrogens with zero attached hydrogens (tertiary/aromatic N) is 2. The third-order valence-electron chi connectivity index (χ3n) is 3.28. The van der Waals surface area contributed by atoms with Gasteiger partial charge in [-0.05, 0) is 0 Å². The normalized spacial score (nSPS) is 29.3. The maximum Gasteiger partial charge on any atom is 0.311 e. The van der Waals surface area contributed by atoms with Crippen LogP contribution in [0.25, 0.3) is 10.3 Å². The van der Waals surface area contributed by atoms with Crippen molar-refractivity contribution in [1.82, 2.24) is 14.5 Å². The molecular weight excluding hydrogens is 304 g/mol. The van der Waals surface area contributed by atoms with Gasteiger partial charge in [-0.2, -0.15) is 4.98 Å². The number of aliphatic hydroxyl groups excluding tert-OH is 3. The maximum atomic E-state index is 12.1. The van der Waals surface area contributed by atoms with Gasteiger partial charge in [0.2, 0.25) is 5.95 Å². The first-order valence-electron chi connectivity index (χ1n) is 5.97. The first-order valence-corrected chi connectivity index (χ1v) is 6.79. The number of fused-ring (bicyclic) bond motifs is 1. The van der Waals surface area contributed by atoms with Crippen LogP contribution in [0, 0.1) is 0 Å². The van der Waals surface area contributed by atoms with E-state index in [-0.39, 0.29) is 16.3 Å². The minimum atomic E-state index is -1.43. The Bertz CT molecular complexity index is 797. The molecule has 2 aromatic heterocycles. The molecule has 21 heavy (non-hydrogen) atoms. The highest BCUT2D eigenvalue weighted by molar-refractivity contribution is 7.16. The molecule has 1 aliphatic rings. The van der Waals surface area contributed by atoms with Crippen LogP contribution in [0.3, 0.4) is 0 Å². The van der Waals surface area contributed by atoms with Gasteiger partial charge in [0.05, 0.1) is 6.61 Å². The molecule has 0 saturated carbocycles. The lowest BCUT2D eigenvalue weighted by molar-refractivity contribution is -0.0518. The Labute approximate surface area is 120 Å². The molecule has 1 saturated heterocycles. The number of nitrogens with two attached hydrogens (primary N) is 1. The van der Waals surface area contributed by atoms with Gasteiger partial charge in [-0.25, -0.2) is 0 Å². The van der Waals surface area contributed by atoms with Crippen LogP contribution in [-0.4, -0.2) is 54.8 Å². The first kappa shape index (κ1) is 14.2. The van der Waals surface area contributed by atoms with Crippen LogP contribution in [-0.2, 0) is 4.74 Å². The molecule has 6 N–H and O–H groups in total. The summed E-state index contributed by atoms with van der Waals surface area (Å²) < 4.78 is 6.31. The summed E-state index contributed by atoms with van der Waals surface area (Å²) in [7, 11) is 0. The number of aliphatic hydroxyl groups is 3. The van der Waals surface area contributed by atoms with Crippen LogP contribution in [0.1, 0.15) is 6.23 Å². The second-order valence-corrected chi connectivity index (χ2v) is 5.53. The Hall–Kier alpha value is -1.79. The molecule has 3 heterocycles. The van der Waals surface area contributed by atoms with Gasteiger partial charge < -0.3 is 30.8 Å². The second kappa shape index (κ2) is 4.89. The number of anilines is 1. The number of H-pyrrole nitrogens is 1. The summed E-state index contributed by atoms with van der Waals surface area (Å²) in [6.07, 6.45) is -5.06. The first-order chi connectivity index (χ1) is 9.93. The molecule has 0 amide bonds. The van der Waals surface area contributed by atoms with E-state index >= 15 is 0 Å². The van der Waals surface area contributed by atoms with E-state index in [0.29, 0.717) is 11.3 Å². The lowest BCUT2D eigenvalue weighted by Gasteiger charge is -2.16. The van der Waals surface area contributed by atoms with Gasteiger partial charge in [-0.3, -0.25) is 14.2 Å². The van der Waals surface area contributed by atoms with Crippen molar-refractivity contribution >= 4 is 27.6 Å². The summed E-state index contributed by atoms with van der Waals surface area (Å²) in [4.78, 5) is 29.2. The van der Waals surface area contributed by atoms with E-state index in [4.69, 9.17) is 15.6 Å². The van der Waals surface area contributed by atoms with E-state index in [1.165, 1.54) is 0 Å². The third kappa shape index (κ3) is 2.06. The highest BCUT2D eigenvalue weighted by Crippen LogP contribution is 2.30. The minimum Gasteiger partial charge on any atom is -0.394 e. The van der Waals surface area contributed by atoms with Crippen LogP contribution < -0.4 is 16.2 Å². The number of aromatic nitrogens is 3. The zero-order chi connectivity index (χ0) is 15.3. The SMILES string of the molecule is Nc1nc(=O)c2sc(=O)n(C3O[C@H](CO)[C@@H](O)[C@H]3O)c2[nH]1. The van der Waals surface area contributed by atoms with E-state index in [2.05, 4.69) is 9.97 Å². The van der Waals surface area contributed by atoms with Crippen LogP contribution >= 0.6 is 11.3 Å². The van der Waals surface area contributed by atoms with Crippen LogP contribution in [0.5, 0.6) is 0 Å². The van der Waals surface area contributed by atoms with Gasteiger partial charge in [-0.1, -0.05) is 11.3 Å². The molecule has 10 nitrogen and oxygen atoms in total. The van der Waals surface area contributed by atoms with E-state index in [0.717, 1.165) is 4.57 Å². The highest BCUT2D eigenvalue weighted by atomic mass is 32.1. The van der Waals surface area contributed by atoms with Crippen molar-refractivity contribution in [3.63, 3.8) is 0 Å². The molecule has 2 aromatic rings. The smallest absolute Gasteiger partial charge is 0.311 e. The largest absolute Gasteiger partial charge is 0.394 e. The van der Waals surface area contributed by atoms with E-state index in [1.807, 2.05) is 0 Å². The van der Waals surface area contributed by atoms with Crippen LogP contribution in [0.2, 0.25) is 0 Å². The predicted molar refractivity (Wildman–Crippen MR) is 71.9 cm³/mol. The highest BCUT2D eigenvalue weighted by Gasteiger charge is 2.44. The summed E-state index contributed by atoms with van der Waals surface area (Å²) in [6, 6.07) is 0. The van der Waals surface area contributed by atoms with Crippen molar-refractivity contribution < 1.29 is 20.1 Å². The minimum absolute atomic E-state index is 0.0342. The van der Waals surface area contributed by atoms with E-state index < -0.39 is 41.6 Å². The second-order valence-electron chi connectivity index (χ2n) is 4.57. The van der Waals surface area contributed by atoms with Crippen molar-refractivity contribution in [3.8, 4) is 0 Å². The molecule has 0 aromatic carbocycles. The van der Waals surface area contributed by atoms with E-state index in [1.54, 1.807) is 0 Å². The number of nitrogens with one attached hydrogen (secondary N) is 1. The molecule has 3 rings (SSSR count). The molecule has 0 aliphatic carbocycles. The molecule has 1 aliphatic heterocycles. The Balaban J connectivity index is 2.20. The van der Waals surface area contributed by atoms with Gasteiger partial charge >= 0.3 is 4.87 Å². The monoisotopic (exact) mass is 316 g/mol. The number of rotatable bonds is 2. The lowest BCUT2D eigenvalue weighted by atomic mass is 10.1. The molecule has 4 atom stereocenters. The molecular formula is C10H12N4O6S. The van der Waals surface area contributed by atoms with Crippen LogP contribution in [0.15, 0.2) is 9.59 Å². The van der Waals surface area contributed by atoms with Gasteiger partial charge in [-0.15, -0.1) is 0 Å². The zero-order valence-corrected chi connectivity index (χ0v) is 11.3. The predicted octanol–water partition coefficient (Wildman–Crippen LogP) is -2.66. The third-order valence-corrected chi connectivity index (χ3v) is 4.22.